The van der Waals surface area contributed by atoms with Crippen molar-refractivity contribution in [1.29, 1.82) is 0 Å². The van der Waals surface area contributed by atoms with E-state index in [2.05, 4.69) is 20.9 Å². The first-order valence-corrected chi connectivity index (χ1v) is 6.92. The van der Waals surface area contributed by atoms with Crippen LogP contribution in [0.1, 0.15) is 16.0 Å². The molecule has 0 amide bonds. The number of benzene rings is 1. The molecule has 0 spiro atoms. The molecule has 0 aliphatic rings. The van der Waals surface area contributed by atoms with Crippen LogP contribution in [0.25, 0.3) is 0 Å². The minimum atomic E-state index is -0.324. The summed E-state index contributed by atoms with van der Waals surface area (Å²) in [5.41, 5.74) is 1.48. The third-order valence-corrected chi connectivity index (χ3v) is 3.95. The van der Waals surface area contributed by atoms with Gasteiger partial charge in [0.1, 0.15) is 5.82 Å². The molecule has 1 atom stereocenters. The summed E-state index contributed by atoms with van der Waals surface area (Å²) in [5, 5.41) is 0.967. The maximum atomic E-state index is 13.7. The molecule has 2 aromatic rings. The summed E-state index contributed by atoms with van der Waals surface area (Å²) in [6.45, 7) is 0. The smallest absolute Gasteiger partial charge is 0.129 e. The van der Waals surface area contributed by atoms with Crippen molar-refractivity contribution < 1.29 is 4.39 Å². The van der Waals surface area contributed by atoms with E-state index in [0.29, 0.717) is 22.0 Å². The van der Waals surface area contributed by atoms with Crippen molar-refractivity contribution in [3.05, 3.63) is 63.6 Å². The molecule has 1 unspecified atom stereocenters. The molecule has 0 fully saturated rings. The second-order valence-electron chi connectivity index (χ2n) is 3.80. The molecule has 0 saturated heterocycles. The van der Waals surface area contributed by atoms with Gasteiger partial charge in [0.25, 0.3) is 0 Å². The van der Waals surface area contributed by atoms with Crippen LogP contribution in [-0.2, 0) is 6.42 Å². The first-order chi connectivity index (χ1) is 8.58. The Labute approximate surface area is 123 Å². The molecule has 0 radical (unpaired) electrons. The lowest BCUT2D eigenvalue weighted by molar-refractivity contribution is 0.608. The van der Waals surface area contributed by atoms with Crippen molar-refractivity contribution in [3.8, 4) is 0 Å². The number of pyridine rings is 1. The van der Waals surface area contributed by atoms with Gasteiger partial charge in [-0.15, -0.1) is 0 Å². The van der Waals surface area contributed by atoms with Crippen molar-refractivity contribution in [2.45, 2.75) is 11.2 Å². The summed E-state index contributed by atoms with van der Waals surface area (Å²) >= 11 is 15.2. The fourth-order valence-electron chi connectivity index (χ4n) is 1.63. The lowest BCUT2D eigenvalue weighted by Gasteiger charge is -2.12. The van der Waals surface area contributed by atoms with Crippen molar-refractivity contribution in [3.63, 3.8) is 0 Å². The number of alkyl halides is 1. The Morgan fingerprint density at radius 3 is 2.72 bits per heavy atom. The topological polar surface area (TPSA) is 12.9 Å². The third kappa shape index (κ3) is 3.22. The minimum absolute atomic E-state index is 0.158. The van der Waals surface area contributed by atoms with E-state index in [4.69, 9.17) is 23.2 Å². The van der Waals surface area contributed by atoms with Crippen LogP contribution in [0.4, 0.5) is 4.39 Å². The third-order valence-electron chi connectivity index (χ3n) is 2.56. The van der Waals surface area contributed by atoms with Crippen LogP contribution in [0.3, 0.4) is 0 Å². The Balaban J connectivity index is 2.22. The minimum Gasteiger partial charge on any atom is -0.263 e. The Morgan fingerprint density at radius 2 is 2.06 bits per heavy atom. The largest absolute Gasteiger partial charge is 0.263 e. The zero-order valence-corrected chi connectivity index (χ0v) is 12.3. The highest BCUT2D eigenvalue weighted by molar-refractivity contribution is 9.09. The molecule has 1 aromatic carbocycles. The standard InChI is InChI=1S/C13H9BrCl2FN/c14-11(5-8-3-4-18-7-12(8)16)10-2-1-9(15)6-13(10)17/h1-4,6-7,11H,5H2. The van der Waals surface area contributed by atoms with Gasteiger partial charge in [-0.2, -0.15) is 0 Å². The predicted octanol–water partition coefficient (Wildman–Crippen LogP) is 5.21. The summed E-state index contributed by atoms with van der Waals surface area (Å²) in [4.78, 5) is 3.76. The van der Waals surface area contributed by atoms with Gasteiger partial charge in [0, 0.05) is 27.8 Å². The summed E-state index contributed by atoms with van der Waals surface area (Å²) in [6, 6.07) is 6.47. The highest BCUT2D eigenvalue weighted by atomic mass is 79.9. The van der Waals surface area contributed by atoms with Gasteiger partial charge in [-0.1, -0.05) is 45.2 Å². The molecule has 18 heavy (non-hydrogen) atoms. The van der Waals surface area contributed by atoms with Gasteiger partial charge in [0.15, 0.2) is 0 Å². The number of hydrogen-bond donors (Lipinski definition) is 0. The summed E-state index contributed by atoms with van der Waals surface area (Å²) in [7, 11) is 0. The van der Waals surface area contributed by atoms with Gasteiger partial charge in [0.05, 0.1) is 5.02 Å². The Morgan fingerprint density at radius 1 is 1.28 bits per heavy atom. The van der Waals surface area contributed by atoms with Crippen LogP contribution in [0.5, 0.6) is 0 Å². The van der Waals surface area contributed by atoms with Gasteiger partial charge in [0.2, 0.25) is 0 Å². The number of aromatic nitrogens is 1. The van der Waals surface area contributed by atoms with E-state index in [9.17, 15) is 4.39 Å². The number of nitrogens with zero attached hydrogens (tertiary/aromatic N) is 1. The zero-order valence-electron chi connectivity index (χ0n) is 9.21. The van der Waals surface area contributed by atoms with E-state index >= 15 is 0 Å². The average molecular weight is 349 g/mol. The lowest BCUT2D eigenvalue weighted by atomic mass is 10.0. The first kappa shape index (κ1) is 13.8. The van der Waals surface area contributed by atoms with Gasteiger partial charge >= 0.3 is 0 Å². The molecule has 1 heterocycles. The van der Waals surface area contributed by atoms with E-state index in [1.54, 1.807) is 24.5 Å². The van der Waals surface area contributed by atoms with Gasteiger partial charge < -0.3 is 0 Å². The number of halogens is 4. The fraction of sp³-hybridized carbons (Fsp3) is 0.154. The number of hydrogen-bond acceptors (Lipinski definition) is 1. The van der Waals surface area contributed by atoms with Gasteiger partial charge in [-0.25, -0.2) is 4.39 Å². The molecule has 1 nitrogen and oxygen atoms in total. The van der Waals surface area contributed by atoms with Crippen LogP contribution in [0.15, 0.2) is 36.7 Å². The summed E-state index contributed by atoms with van der Waals surface area (Å²) in [5.74, 6) is -0.324. The maximum Gasteiger partial charge on any atom is 0.129 e. The highest BCUT2D eigenvalue weighted by Crippen LogP contribution is 2.32. The zero-order chi connectivity index (χ0) is 13.1. The molecule has 0 aliphatic carbocycles. The van der Waals surface area contributed by atoms with E-state index in [1.165, 1.54) is 6.07 Å². The quantitative estimate of drug-likeness (QED) is 0.694. The van der Waals surface area contributed by atoms with Gasteiger partial charge in [-0.3, -0.25) is 4.98 Å². The van der Waals surface area contributed by atoms with Crippen molar-refractivity contribution >= 4 is 39.1 Å². The van der Waals surface area contributed by atoms with Gasteiger partial charge in [-0.05, 0) is 30.2 Å². The molecular weight excluding hydrogens is 340 g/mol. The average Bonchev–Trinajstić information content (AvgIpc) is 2.32. The maximum absolute atomic E-state index is 13.7. The normalized spacial score (nSPS) is 12.4. The van der Waals surface area contributed by atoms with E-state index in [-0.39, 0.29) is 10.6 Å². The summed E-state index contributed by atoms with van der Waals surface area (Å²) < 4.78 is 13.7. The molecule has 0 N–H and O–H groups in total. The van der Waals surface area contributed by atoms with Crippen LogP contribution in [0.2, 0.25) is 10.0 Å². The van der Waals surface area contributed by atoms with E-state index in [1.807, 2.05) is 6.07 Å². The lowest BCUT2D eigenvalue weighted by Crippen LogP contribution is -1.99. The second kappa shape index (κ2) is 6.00. The molecular formula is C13H9BrCl2FN. The Kier molecular flexibility index (Phi) is 4.60. The molecule has 0 bridgehead atoms. The second-order valence-corrected chi connectivity index (χ2v) is 5.75. The number of rotatable bonds is 3. The van der Waals surface area contributed by atoms with E-state index < -0.39 is 0 Å². The summed E-state index contributed by atoms with van der Waals surface area (Å²) in [6.07, 6.45) is 3.83. The van der Waals surface area contributed by atoms with E-state index in [0.717, 1.165) is 5.56 Å². The molecule has 0 aliphatic heterocycles. The Bertz CT molecular complexity index is 562. The fourth-order valence-corrected chi connectivity index (χ4v) is 2.70. The Hall–Kier alpha value is -0.640. The van der Waals surface area contributed by atoms with Crippen molar-refractivity contribution in [2.75, 3.05) is 0 Å². The molecule has 1 aromatic heterocycles. The van der Waals surface area contributed by atoms with Crippen LogP contribution < -0.4 is 0 Å². The van der Waals surface area contributed by atoms with Crippen molar-refractivity contribution in [2.24, 2.45) is 0 Å². The molecule has 94 valence electrons. The van der Waals surface area contributed by atoms with Crippen LogP contribution in [-0.4, -0.2) is 4.98 Å². The monoisotopic (exact) mass is 347 g/mol. The highest BCUT2D eigenvalue weighted by Gasteiger charge is 2.15. The molecule has 0 saturated carbocycles. The SMILES string of the molecule is Fc1cc(Cl)ccc1C(Br)Cc1ccncc1Cl. The van der Waals surface area contributed by atoms with Crippen LogP contribution in [0, 0.1) is 5.82 Å². The van der Waals surface area contributed by atoms with Crippen molar-refractivity contribution in [1.82, 2.24) is 4.98 Å². The predicted molar refractivity (Wildman–Crippen MR) is 76.0 cm³/mol. The first-order valence-electron chi connectivity index (χ1n) is 5.25. The molecule has 2 rings (SSSR count). The van der Waals surface area contributed by atoms with Crippen LogP contribution >= 0.6 is 39.1 Å². The molecule has 5 heteroatoms.